The molecule has 0 aliphatic heterocycles. The summed E-state index contributed by atoms with van der Waals surface area (Å²) < 4.78 is 0. The van der Waals surface area contributed by atoms with Crippen molar-refractivity contribution < 1.29 is 9.59 Å². The van der Waals surface area contributed by atoms with Crippen molar-refractivity contribution in [3.05, 3.63) is 65.2 Å². The summed E-state index contributed by atoms with van der Waals surface area (Å²) in [6.07, 6.45) is 3.75. The van der Waals surface area contributed by atoms with Crippen LogP contribution in [-0.4, -0.2) is 18.4 Å². The second kappa shape index (κ2) is 8.35. The number of carbonyl (C=O) groups excluding carboxylic acids is 2. The third kappa shape index (κ3) is 4.03. The van der Waals surface area contributed by atoms with Gasteiger partial charge in [-0.2, -0.15) is 0 Å². The summed E-state index contributed by atoms with van der Waals surface area (Å²) in [7, 11) is 0. The number of benzene rings is 2. The van der Waals surface area contributed by atoms with Crippen molar-refractivity contribution in [3.63, 3.8) is 0 Å². The fraction of sp³-hybridized carbons (Fsp3) is 0.364. The molecule has 0 heterocycles. The van der Waals surface area contributed by atoms with Crippen LogP contribution in [0.1, 0.15) is 54.1 Å². The van der Waals surface area contributed by atoms with Crippen molar-refractivity contribution in [1.29, 1.82) is 0 Å². The van der Waals surface area contributed by atoms with E-state index in [1.165, 1.54) is 0 Å². The predicted octanol–water partition coefficient (Wildman–Crippen LogP) is 3.35. The Morgan fingerprint density at radius 3 is 2.22 bits per heavy atom. The highest BCUT2D eigenvalue weighted by atomic mass is 16.2. The maximum absolute atomic E-state index is 12.6. The first-order valence-electron chi connectivity index (χ1n) is 9.58. The van der Waals surface area contributed by atoms with Gasteiger partial charge in [0.15, 0.2) is 0 Å². The molecule has 4 N–H and O–H groups in total. The highest BCUT2D eigenvalue weighted by Crippen LogP contribution is 2.44. The fourth-order valence-corrected chi connectivity index (χ4v) is 3.45. The average Bonchev–Trinajstić information content (AvgIpc) is 2.66. The molecule has 0 atom stereocenters. The largest absolute Gasteiger partial charge is 0.355 e. The number of rotatable bonds is 7. The van der Waals surface area contributed by atoms with Crippen molar-refractivity contribution in [2.24, 2.45) is 5.73 Å². The predicted molar refractivity (Wildman–Crippen MR) is 108 cm³/mol. The van der Waals surface area contributed by atoms with E-state index in [2.05, 4.69) is 17.6 Å². The van der Waals surface area contributed by atoms with Crippen LogP contribution in [-0.2, 0) is 16.8 Å². The molecule has 2 amide bonds. The molecule has 2 aromatic carbocycles. The van der Waals surface area contributed by atoms with Gasteiger partial charge in [0.2, 0.25) is 5.91 Å². The summed E-state index contributed by atoms with van der Waals surface area (Å²) in [6, 6.07) is 14.9. The van der Waals surface area contributed by atoms with Crippen molar-refractivity contribution in [2.75, 3.05) is 11.9 Å². The van der Waals surface area contributed by atoms with Gasteiger partial charge in [0, 0.05) is 24.3 Å². The van der Waals surface area contributed by atoms with E-state index in [9.17, 15) is 9.59 Å². The Hall–Kier alpha value is -2.66. The van der Waals surface area contributed by atoms with Crippen LogP contribution in [0.25, 0.3) is 0 Å². The van der Waals surface area contributed by atoms with Crippen LogP contribution in [0.15, 0.2) is 48.5 Å². The SMILES string of the molecule is CCCNC(=O)C1(c2ccc(NC(=O)c3ccc(CN)cc3)cc2)CCC1. The molecular weight excluding hydrogens is 338 g/mol. The first-order chi connectivity index (χ1) is 13.1. The van der Waals surface area contributed by atoms with E-state index >= 15 is 0 Å². The number of anilines is 1. The van der Waals surface area contributed by atoms with Crippen molar-refractivity contribution in [1.82, 2.24) is 5.32 Å². The minimum Gasteiger partial charge on any atom is -0.355 e. The van der Waals surface area contributed by atoms with Crippen LogP contribution >= 0.6 is 0 Å². The van der Waals surface area contributed by atoms with Crippen LogP contribution in [0.3, 0.4) is 0 Å². The smallest absolute Gasteiger partial charge is 0.255 e. The maximum atomic E-state index is 12.6. The summed E-state index contributed by atoms with van der Waals surface area (Å²) >= 11 is 0. The molecule has 27 heavy (non-hydrogen) atoms. The number of nitrogens with one attached hydrogen (secondary N) is 2. The summed E-state index contributed by atoms with van der Waals surface area (Å²) in [5.41, 5.74) is 8.49. The molecule has 5 heteroatoms. The molecule has 0 radical (unpaired) electrons. The third-order valence-corrected chi connectivity index (χ3v) is 5.32. The topological polar surface area (TPSA) is 84.2 Å². The first-order valence-corrected chi connectivity index (χ1v) is 9.58. The van der Waals surface area contributed by atoms with E-state index < -0.39 is 5.41 Å². The van der Waals surface area contributed by atoms with E-state index in [0.29, 0.717) is 18.7 Å². The minimum absolute atomic E-state index is 0.118. The second-order valence-electron chi connectivity index (χ2n) is 7.12. The number of carbonyl (C=O) groups is 2. The summed E-state index contributed by atoms with van der Waals surface area (Å²) in [4.78, 5) is 25.0. The maximum Gasteiger partial charge on any atom is 0.255 e. The van der Waals surface area contributed by atoms with Gasteiger partial charge < -0.3 is 16.4 Å². The standard InChI is InChI=1S/C22H27N3O2/c1-2-14-24-21(27)22(12-3-13-22)18-8-10-19(11-9-18)25-20(26)17-6-4-16(15-23)5-7-17/h4-11H,2-3,12-15,23H2,1H3,(H,24,27)(H,25,26). The van der Waals surface area contributed by atoms with E-state index in [4.69, 9.17) is 5.73 Å². The zero-order chi connectivity index (χ0) is 19.3. The lowest BCUT2D eigenvalue weighted by Crippen LogP contribution is -2.49. The van der Waals surface area contributed by atoms with Gasteiger partial charge in [-0.05, 0) is 54.7 Å². The number of amides is 2. The molecule has 1 fully saturated rings. The minimum atomic E-state index is -0.407. The fourth-order valence-electron chi connectivity index (χ4n) is 3.45. The lowest BCUT2D eigenvalue weighted by Gasteiger charge is -2.40. The molecule has 0 unspecified atom stereocenters. The Kier molecular flexibility index (Phi) is 5.91. The van der Waals surface area contributed by atoms with Crippen molar-refractivity contribution >= 4 is 17.5 Å². The Balaban J connectivity index is 1.69. The first kappa shape index (κ1) is 19.1. The van der Waals surface area contributed by atoms with Gasteiger partial charge in [0.05, 0.1) is 5.41 Å². The molecule has 3 rings (SSSR count). The monoisotopic (exact) mass is 365 g/mol. The average molecular weight is 365 g/mol. The number of hydrogen-bond donors (Lipinski definition) is 3. The lowest BCUT2D eigenvalue weighted by molar-refractivity contribution is -0.129. The molecule has 5 nitrogen and oxygen atoms in total. The van der Waals surface area contributed by atoms with Gasteiger partial charge in [-0.15, -0.1) is 0 Å². The van der Waals surface area contributed by atoms with Crippen LogP contribution in [0.2, 0.25) is 0 Å². The van der Waals surface area contributed by atoms with Crippen LogP contribution in [0, 0.1) is 0 Å². The molecule has 0 saturated heterocycles. The van der Waals surface area contributed by atoms with Crippen LogP contribution < -0.4 is 16.4 Å². The zero-order valence-corrected chi connectivity index (χ0v) is 15.8. The molecule has 2 aromatic rings. The Morgan fingerprint density at radius 2 is 1.70 bits per heavy atom. The Labute approximate surface area is 160 Å². The van der Waals surface area contributed by atoms with E-state index in [1.54, 1.807) is 12.1 Å². The normalized spacial score (nSPS) is 14.9. The van der Waals surface area contributed by atoms with Crippen molar-refractivity contribution in [3.8, 4) is 0 Å². The third-order valence-electron chi connectivity index (χ3n) is 5.32. The molecule has 0 bridgehead atoms. The highest BCUT2D eigenvalue weighted by Gasteiger charge is 2.45. The van der Waals surface area contributed by atoms with Gasteiger partial charge in [-0.25, -0.2) is 0 Å². The van der Waals surface area contributed by atoms with Crippen molar-refractivity contribution in [2.45, 2.75) is 44.6 Å². The van der Waals surface area contributed by atoms with Gasteiger partial charge in [0.1, 0.15) is 0 Å². The molecule has 1 aliphatic carbocycles. The van der Waals surface area contributed by atoms with E-state index in [1.807, 2.05) is 36.4 Å². The zero-order valence-electron chi connectivity index (χ0n) is 15.8. The second-order valence-corrected chi connectivity index (χ2v) is 7.12. The molecular formula is C22H27N3O2. The van der Waals surface area contributed by atoms with Crippen LogP contribution in [0.5, 0.6) is 0 Å². The summed E-state index contributed by atoms with van der Waals surface area (Å²) in [5, 5.41) is 5.94. The molecule has 0 spiro atoms. The van der Waals surface area contributed by atoms with Gasteiger partial charge in [0.25, 0.3) is 5.91 Å². The van der Waals surface area contributed by atoms with E-state index in [0.717, 1.165) is 42.5 Å². The van der Waals surface area contributed by atoms with Gasteiger partial charge in [-0.1, -0.05) is 37.6 Å². The molecule has 1 saturated carbocycles. The van der Waals surface area contributed by atoms with Gasteiger partial charge >= 0.3 is 0 Å². The number of hydrogen-bond acceptors (Lipinski definition) is 3. The number of nitrogens with two attached hydrogens (primary N) is 1. The Bertz CT molecular complexity index is 793. The summed E-state index contributed by atoms with van der Waals surface area (Å²) in [6.45, 7) is 3.21. The lowest BCUT2D eigenvalue weighted by atomic mass is 9.64. The highest BCUT2D eigenvalue weighted by molar-refractivity contribution is 6.04. The Morgan fingerprint density at radius 1 is 1.04 bits per heavy atom. The quantitative estimate of drug-likeness (QED) is 0.703. The van der Waals surface area contributed by atoms with Crippen LogP contribution in [0.4, 0.5) is 5.69 Å². The molecule has 1 aliphatic rings. The molecule has 0 aromatic heterocycles. The van der Waals surface area contributed by atoms with Gasteiger partial charge in [-0.3, -0.25) is 9.59 Å². The summed E-state index contributed by atoms with van der Waals surface area (Å²) in [5.74, 6) is -0.0438. The molecule has 142 valence electrons. The van der Waals surface area contributed by atoms with E-state index in [-0.39, 0.29) is 11.8 Å².